The van der Waals surface area contributed by atoms with Gasteiger partial charge in [0, 0.05) is 19.6 Å². The van der Waals surface area contributed by atoms with E-state index in [0.29, 0.717) is 5.92 Å². The van der Waals surface area contributed by atoms with Gasteiger partial charge in [-0.2, -0.15) is 0 Å². The number of hydrogen-bond donors (Lipinski definition) is 1. The molecule has 4 nitrogen and oxygen atoms in total. The molecule has 0 bridgehead atoms. The van der Waals surface area contributed by atoms with Crippen LogP contribution in [0.25, 0.3) is 0 Å². The monoisotopic (exact) mass is 268 g/mol. The van der Waals surface area contributed by atoms with Gasteiger partial charge in [0.1, 0.15) is 5.60 Å². The minimum absolute atomic E-state index is 0.180. The lowest BCUT2D eigenvalue weighted by atomic mass is 9.97. The van der Waals surface area contributed by atoms with E-state index < -0.39 is 5.60 Å². The Hall–Kier alpha value is -1.03. The van der Waals surface area contributed by atoms with Crippen molar-refractivity contribution in [2.45, 2.75) is 46.1 Å². The highest BCUT2D eigenvalue weighted by atomic mass is 16.6. The summed E-state index contributed by atoms with van der Waals surface area (Å²) in [6.45, 7) is 15.1. The van der Waals surface area contributed by atoms with Gasteiger partial charge in [-0.15, -0.1) is 0 Å². The molecule has 0 unspecified atom stereocenters. The van der Waals surface area contributed by atoms with Gasteiger partial charge in [-0.1, -0.05) is 12.2 Å². The van der Waals surface area contributed by atoms with Crippen LogP contribution >= 0.6 is 0 Å². The maximum Gasteiger partial charge on any atom is 0.410 e. The molecule has 1 heterocycles. The highest BCUT2D eigenvalue weighted by Gasteiger charge is 2.26. The molecule has 0 aromatic heterocycles. The van der Waals surface area contributed by atoms with Crippen LogP contribution in [0.3, 0.4) is 0 Å². The summed E-state index contributed by atoms with van der Waals surface area (Å²) in [5, 5.41) is 3.40. The van der Waals surface area contributed by atoms with Crippen LogP contribution in [0.1, 0.15) is 40.5 Å². The molecular weight excluding hydrogens is 240 g/mol. The van der Waals surface area contributed by atoms with E-state index in [2.05, 4.69) is 11.9 Å². The number of rotatable bonds is 4. The Morgan fingerprint density at radius 3 is 2.42 bits per heavy atom. The Labute approximate surface area is 117 Å². The average Bonchev–Trinajstić information content (AvgIpc) is 2.27. The molecule has 1 rings (SSSR count). The number of piperidine rings is 1. The quantitative estimate of drug-likeness (QED) is 0.797. The lowest BCUT2D eigenvalue weighted by Gasteiger charge is -2.33. The molecule has 110 valence electrons. The summed E-state index contributed by atoms with van der Waals surface area (Å²) in [4.78, 5) is 13.7. The summed E-state index contributed by atoms with van der Waals surface area (Å²) < 4.78 is 5.38. The van der Waals surface area contributed by atoms with E-state index in [9.17, 15) is 4.79 Å². The van der Waals surface area contributed by atoms with Crippen molar-refractivity contribution < 1.29 is 9.53 Å². The standard InChI is InChI=1S/C15H28N2O2/c1-12(2)10-16-11-13-6-8-17(9-7-13)14(18)19-15(3,4)5/h13,16H,1,6-11H2,2-5H3. The first-order chi connectivity index (χ1) is 8.78. The van der Waals surface area contributed by atoms with Crippen LogP contribution in [0.4, 0.5) is 4.79 Å². The van der Waals surface area contributed by atoms with Crippen molar-refractivity contribution in [1.82, 2.24) is 10.2 Å². The fraction of sp³-hybridized carbons (Fsp3) is 0.800. The van der Waals surface area contributed by atoms with E-state index in [1.807, 2.05) is 32.6 Å². The number of nitrogens with zero attached hydrogens (tertiary/aromatic N) is 1. The Morgan fingerprint density at radius 2 is 1.95 bits per heavy atom. The third-order valence-electron chi connectivity index (χ3n) is 3.13. The summed E-state index contributed by atoms with van der Waals surface area (Å²) in [6, 6.07) is 0. The summed E-state index contributed by atoms with van der Waals surface area (Å²) in [5.74, 6) is 0.651. The van der Waals surface area contributed by atoms with Gasteiger partial charge in [0.25, 0.3) is 0 Å². The molecule has 0 radical (unpaired) electrons. The van der Waals surface area contributed by atoms with Crippen molar-refractivity contribution in [3.63, 3.8) is 0 Å². The zero-order valence-corrected chi connectivity index (χ0v) is 12.8. The molecule has 1 aliphatic heterocycles. The Bertz CT molecular complexity index is 313. The first kappa shape index (κ1) is 16.0. The van der Waals surface area contributed by atoms with Crippen LogP contribution < -0.4 is 5.32 Å². The lowest BCUT2D eigenvalue weighted by Crippen LogP contribution is -2.43. The zero-order chi connectivity index (χ0) is 14.5. The molecule has 1 N–H and O–H groups in total. The summed E-state index contributed by atoms with van der Waals surface area (Å²) in [5.41, 5.74) is 0.753. The van der Waals surface area contributed by atoms with E-state index in [1.54, 1.807) is 0 Å². The van der Waals surface area contributed by atoms with Gasteiger partial charge in [0.05, 0.1) is 0 Å². The summed E-state index contributed by atoms with van der Waals surface area (Å²) >= 11 is 0. The van der Waals surface area contributed by atoms with Crippen molar-refractivity contribution >= 4 is 6.09 Å². The van der Waals surface area contributed by atoms with E-state index in [0.717, 1.165) is 44.6 Å². The van der Waals surface area contributed by atoms with E-state index >= 15 is 0 Å². The normalized spacial score (nSPS) is 17.4. The van der Waals surface area contributed by atoms with Crippen LogP contribution in [0.15, 0.2) is 12.2 Å². The molecule has 1 fully saturated rings. The third kappa shape index (κ3) is 6.62. The minimum Gasteiger partial charge on any atom is -0.444 e. The largest absolute Gasteiger partial charge is 0.444 e. The first-order valence-corrected chi connectivity index (χ1v) is 7.11. The second kappa shape index (κ2) is 6.94. The van der Waals surface area contributed by atoms with Crippen molar-refractivity contribution in [3.8, 4) is 0 Å². The predicted molar refractivity (Wildman–Crippen MR) is 78.2 cm³/mol. The maximum atomic E-state index is 11.9. The van der Waals surface area contributed by atoms with Gasteiger partial charge < -0.3 is 15.0 Å². The molecular formula is C15H28N2O2. The highest BCUT2D eigenvalue weighted by molar-refractivity contribution is 5.68. The zero-order valence-electron chi connectivity index (χ0n) is 12.8. The van der Waals surface area contributed by atoms with Crippen LogP contribution in [-0.4, -0.2) is 42.8 Å². The number of hydrogen-bond acceptors (Lipinski definition) is 3. The van der Waals surface area contributed by atoms with Crippen molar-refractivity contribution in [3.05, 3.63) is 12.2 Å². The Balaban J connectivity index is 2.25. The topological polar surface area (TPSA) is 41.6 Å². The van der Waals surface area contributed by atoms with Crippen LogP contribution in [0, 0.1) is 5.92 Å². The Morgan fingerprint density at radius 1 is 1.37 bits per heavy atom. The summed E-state index contributed by atoms with van der Waals surface area (Å²) in [7, 11) is 0. The molecule has 0 saturated carbocycles. The van der Waals surface area contributed by atoms with E-state index in [-0.39, 0.29) is 6.09 Å². The minimum atomic E-state index is -0.406. The van der Waals surface area contributed by atoms with Crippen molar-refractivity contribution in [1.29, 1.82) is 0 Å². The molecule has 1 saturated heterocycles. The first-order valence-electron chi connectivity index (χ1n) is 7.11. The van der Waals surface area contributed by atoms with Crippen molar-refractivity contribution in [2.75, 3.05) is 26.2 Å². The van der Waals surface area contributed by atoms with Gasteiger partial charge in [-0.25, -0.2) is 4.79 Å². The van der Waals surface area contributed by atoms with Crippen LogP contribution in [-0.2, 0) is 4.74 Å². The molecule has 19 heavy (non-hydrogen) atoms. The summed E-state index contributed by atoms with van der Waals surface area (Å²) in [6.07, 6.45) is 1.91. The SMILES string of the molecule is C=C(C)CNCC1CCN(C(=O)OC(C)(C)C)CC1. The second-order valence-corrected chi connectivity index (χ2v) is 6.50. The number of carbonyl (C=O) groups is 1. The molecule has 4 heteroatoms. The van der Waals surface area contributed by atoms with Crippen molar-refractivity contribution in [2.24, 2.45) is 5.92 Å². The second-order valence-electron chi connectivity index (χ2n) is 6.50. The number of likely N-dealkylation sites (tertiary alicyclic amines) is 1. The lowest BCUT2D eigenvalue weighted by molar-refractivity contribution is 0.0184. The molecule has 1 amide bonds. The van der Waals surface area contributed by atoms with Gasteiger partial charge in [-0.05, 0) is 53.0 Å². The maximum absolute atomic E-state index is 11.9. The number of amides is 1. The third-order valence-corrected chi connectivity index (χ3v) is 3.13. The molecule has 0 aromatic carbocycles. The molecule has 0 aromatic rings. The fourth-order valence-electron chi connectivity index (χ4n) is 2.14. The molecule has 1 aliphatic rings. The van der Waals surface area contributed by atoms with Gasteiger partial charge in [0.15, 0.2) is 0 Å². The molecule has 0 spiro atoms. The Kier molecular flexibility index (Phi) is 5.85. The molecule has 0 aliphatic carbocycles. The van der Waals surface area contributed by atoms with Crippen LogP contribution in [0.5, 0.6) is 0 Å². The van der Waals surface area contributed by atoms with Crippen LogP contribution in [0.2, 0.25) is 0 Å². The van der Waals surface area contributed by atoms with Gasteiger partial charge in [0.2, 0.25) is 0 Å². The number of carbonyl (C=O) groups excluding carboxylic acids is 1. The highest BCUT2D eigenvalue weighted by Crippen LogP contribution is 2.19. The number of ether oxygens (including phenoxy) is 1. The smallest absolute Gasteiger partial charge is 0.410 e. The molecule has 0 atom stereocenters. The fourth-order valence-corrected chi connectivity index (χ4v) is 2.14. The van der Waals surface area contributed by atoms with Gasteiger partial charge >= 0.3 is 6.09 Å². The predicted octanol–water partition coefficient (Wildman–Crippen LogP) is 2.80. The average molecular weight is 268 g/mol. The van der Waals surface area contributed by atoms with E-state index in [4.69, 9.17) is 4.74 Å². The number of nitrogens with one attached hydrogen (secondary N) is 1. The van der Waals surface area contributed by atoms with Gasteiger partial charge in [-0.3, -0.25) is 0 Å². The van der Waals surface area contributed by atoms with E-state index in [1.165, 1.54) is 0 Å².